The van der Waals surface area contributed by atoms with Crippen molar-refractivity contribution in [2.24, 2.45) is 0 Å². The maximum atomic E-state index is 12.8. The molecule has 1 unspecified atom stereocenters. The lowest BCUT2D eigenvalue weighted by atomic mass is 10.1. The molecule has 0 saturated carbocycles. The molecule has 0 fully saturated rings. The molecule has 1 aromatic rings. The van der Waals surface area contributed by atoms with Crippen molar-refractivity contribution in [2.45, 2.75) is 19.4 Å². The monoisotopic (exact) mass is 169 g/mol. The lowest BCUT2D eigenvalue weighted by molar-refractivity contribution is 0.174. The van der Waals surface area contributed by atoms with Gasteiger partial charge in [-0.1, -0.05) is 19.1 Å². The second kappa shape index (κ2) is 3.54. The molecule has 0 aliphatic heterocycles. The second-order valence-corrected chi connectivity index (χ2v) is 2.67. The van der Waals surface area contributed by atoms with Crippen LogP contribution in [0.3, 0.4) is 0 Å². The van der Waals surface area contributed by atoms with Crippen LogP contribution in [0.5, 0.6) is 0 Å². The summed E-state index contributed by atoms with van der Waals surface area (Å²) in [6, 6.07) is 4.45. The Kier molecular flexibility index (Phi) is 2.65. The van der Waals surface area contributed by atoms with Crippen molar-refractivity contribution in [3.8, 4) is 0 Å². The number of para-hydroxylation sites is 1. The van der Waals surface area contributed by atoms with Crippen LogP contribution in [0.1, 0.15) is 25.0 Å². The molecule has 1 aromatic carbocycles. The smallest absolute Gasteiger partial charge is 0.146 e. The van der Waals surface area contributed by atoms with Gasteiger partial charge in [-0.3, -0.25) is 0 Å². The number of benzene rings is 1. The van der Waals surface area contributed by atoms with E-state index in [0.29, 0.717) is 12.0 Å². The van der Waals surface area contributed by atoms with E-state index in [4.69, 9.17) is 5.73 Å². The standard InChI is InChI=1S/C9H12FNO/c1-2-8(12)6-4-3-5-7(10)9(6)11/h3-5,8,12H,2,11H2,1H3. The van der Waals surface area contributed by atoms with Crippen molar-refractivity contribution >= 4 is 5.69 Å². The first-order valence-corrected chi connectivity index (χ1v) is 3.88. The van der Waals surface area contributed by atoms with Gasteiger partial charge in [-0.15, -0.1) is 0 Å². The van der Waals surface area contributed by atoms with E-state index in [-0.39, 0.29) is 5.69 Å². The fourth-order valence-electron chi connectivity index (χ4n) is 1.06. The van der Waals surface area contributed by atoms with Crippen LogP contribution in [0.15, 0.2) is 18.2 Å². The number of anilines is 1. The number of aliphatic hydroxyl groups excluding tert-OH is 1. The van der Waals surface area contributed by atoms with Crippen LogP contribution in [0.2, 0.25) is 0 Å². The van der Waals surface area contributed by atoms with Crippen LogP contribution >= 0.6 is 0 Å². The Morgan fingerprint density at radius 3 is 2.83 bits per heavy atom. The molecule has 0 amide bonds. The molecule has 0 saturated heterocycles. The zero-order chi connectivity index (χ0) is 9.14. The summed E-state index contributed by atoms with van der Waals surface area (Å²) in [5.41, 5.74) is 5.94. The minimum Gasteiger partial charge on any atom is -0.396 e. The van der Waals surface area contributed by atoms with Crippen LogP contribution in [0, 0.1) is 5.82 Å². The van der Waals surface area contributed by atoms with Gasteiger partial charge in [0.15, 0.2) is 0 Å². The molecule has 3 N–H and O–H groups in total. The summed E-state index contributed by atoms with van der Waals surface area (Å²) >= 11 is 0. The summed E-state index contributed by atoms with van der Waals surface area (Å²) < 4.78 is 12.8. The lowest BCUT2D eigenvalue weighted by Gasteiger charge is -2.10. The van der Waals surface area contributed by atoms with Crippen molar-refractivity contribution in [2.75, 3.05) is 5.73 Å². The largest absolute Gasteiger partial charge is 0.396 e. The molecule has 1 atom stereocenters. The molecule has 0 spiro atoms. The maximum absolute atomic E-state index is 12.8. The minimum absolute atomic E-state index is 0.0480. The van der Waals surface area contributed by atoms with Gasteiger partial charge in [0.1, 0.15) is 5.82 Å². The predicted octanol–water partition coefficient (Wildman–Crippen LogP) is 1.85. The molecule has 0 radical (unpaired) electrons. The number of rotatable bonds is 2. The summed E-state index contributed by atoms with van der Waals surface area (Å²) in [6.07, 6.45) is -0.131. The maximum Gasteiger partial charge on any atom is 0.146 e. The summed E-state index contributed by atoms with van der Waals surface area (Å²) in [4.78, 5) is 0. The van der Waals surface area contributed by atoms with Gasteiger partial charge in [0.25, 0.3) is 0 Å². The number of hydrogen-bond donors (Lipinski definition) is 2. The molecule has 2 nitrogen and oxygen atoms in total. The van der Waals surface area contributed by atoms with Crippen molar-refractivity contribution < 1.29 is 9.50 Å². The highest BCUT2D eigenvalue weighted by atomic mass is 19.1. The first-order chi connectivity index (χ1) is 5.66. The third-order valence-electron chi connectivity index (χ3n) is 1.83. The molecule has 0 bridgehead atoms. The number of hydrogen-bond acceptors (Lipinski definition) is 2. The number of halogens is 1. The number of nitrogen functional groups attached to an aromatic ring is 1. The zero-order valence-electron chi connectivity index (χ0n) is 6.92. The van der Waals surface area contributed by atoms with Crippen LogP contribution in [0.4, 0.5) is 10.1 Å². The van der Waals surface area contributed by atoms with Gasteiger partial charge in [-0.05, 0) is 12.5 Å². The van der Waals surface area contributed by atoms with Crippen LogP contribution < -0.4 is 5.73 Å². The molecule has 0 aliphatic rings. The number of nitrogens with two attached hydrogens (primary N) is 1. The Hall–Kier alpha value is -1.09. The Balaban J connectivity index is 3.07. The third kappa shape index (κ3) is 1.56. The van der Waals surface area contributed by atoms with E-state index in [1.807, 2.05) is 6.92 Å². The third-order valence-corrected chi connectivity index (χ3v) is 1.83. The normalized spacial score (nSPS) is 12.9. The second-order valence-electron chi connectivity index (χ2n) is 2.67. The van der Waals surface area contributed by atoms with Crippen molar-refractivity contribution in [3.05, 3.63) is 29.6 Å². The van der Waals surface area contributed by atoms with Gasteiger partial charge in [0.05, 0.1) is 11.8 Å². The quantitative estimate of drug-likeness (QED) is 0.664. The average Bonchev–Trinajstić information content (AvgIpc) is 2.08. The van der Waals surface area contributed by atoms with E-state index >= 15 is 0 Å². The fraction of sp³-hybridized carbons (Fsp3) is 0.333. The molecule has 12 heavy (non-hydrogen) atoms. The highest BCUT2D eigenvalue weighted by Gasteiger charge is 2.10. The van der Waals surface area contributed by atoms with Gasteiger partial charge in [0.2, 0.25) is 0 Å². The van der Waals surface area contributed by atoms with E-state index in [9.17, 15) is 9.50 Å². The Morgan fingerprint density at radius 2 is 2.25 bits per heavy atom. The van der Waals surface area contributed by atoms with Gasteiger partial charge in [-0.25, -0.2) is 4.39 Å². The van der Waals surface area contributed by atoms with Gasteiger partial charge in [0, 0.05) is 5.56 Å². The Labute approximate surface area is 70.8 Å². The SMILES string of the molecule is CCC(O)c1cccc(F)c1N. The zero-order valence-corrected chi connectivity index (χ0v) is 6.92. The number of aliphatic hydroxyl groups is 1. The van der Waals surface area contributed by atoms with Crippen molar-refractivity contribution in [1.82, 2.24) is 0 Å². The van der Waals surface area contributed by atoms with Crippen LogP contribution in [-0.2, 0) is 0 Å². The van der Waals surface area contributed by atoms with Crippen molar-refractivity contribution in [1.29, 1.82) is 0 Å². The van der Waals surface area contributed by atoms with Crippen LogP contribution in [-0.4, -0.2) is 5.11 Å². The van der Waals surface area contributed by atoms with Gasteiger partial charge < -0.3 is 10.8 Å². The average molecular weight is 169 g/mol. The van der Waals surface area contributed by atoms with E-state index in [1.54, 1.807) is 12.1 Å². The fourth-order valence-corrected chi connectivity index (χ4v) is 1.06. The van der Waals surface area contributed by atoms with E-state index in [0.717, 1.165) is 0 Å². The first-order valence-electron chi connectivity index (χ1n) is 3.88. The summed E-state index contributed by atoms with van der Waals surface area (Å²) in [5, 5.41) is 9.39. The Bertz CT molecular complexity index is 275. The molecular weight excluding hydrogens is 157 g/mol. The van der Waals surface area contributed by atoms with E-state index in [2.05, 4.69) is 0 Å². The van der Waals surface area contributed by atoms with E-state index in [1.165, 1.54) is 6.07 Å². The molecule has 3 heteroatoms. The topological polar surface area (TPSA) is 46.2 Å². The molecule has 0 aliphatic carbocycles. The minimum atomic E-state index is -0.666. The predicted molar refractivity (Wildman–Crippen MR) is 46.1 cm³/mol. The molecule has 0 aromatic heterocycles. The van der Waals surface area contributed by atoms with E-state index < -0.39 is 11.9 Å². The van der Waals surface area contributed by atoms with Crippen molar-refractivity contribution in [3.63, 3.8) is 0 Å². The first kappa shape index (κ1) is 9.00. The highest BCUT2D eigenvalue weighted by molar-refractivity contribution is 5.48. The van der Waals surface area contributed by atoms with Gasteiger partial charge in [-0.2, -0.15) is 0 Å². The molecule has 0 heterocycles. The summed E-state index contributed by atoms with van der Waals surface area (Å²) in [6.45, 7) is 1.81. The molecular formula is C9H12FNO. The Morgan fingerprint density at radius 1 is 1.58 bits per heavy atom. The lowest BCUT2D eigenvalue weighted by Crippen LogP contribution is -2.02. The van der Waals surface area contributed by atoms with Gasteiger partial charge >= 0.3 is 0 Å². The molecule has 66 valence electrons. The highest BCUT2D eigenvalue weighted by Crippen LogP contribution is 2.24. The summed E-state index contributed by atoms with van der Waals surface area (Å²) in [5.74, 6) is -0.472. The molecule has 1 rings (SSSR count). The summed E-state index contributed by atoms with van der Waals surface area (Å²) in [7, 11) is 0. The van der Waals surface area contributed by atoms with Crippen LogP contribution in [0.25, 0.3) is 0 Å².